The number of para-hydroxylation sites is 5. The number of anilines is 3. The van der Waals surface area contributed by atoms with E-state index in [-0.39, 0.29) is 0 Å². The van der Waals surface area contributed by atoms with Crippen LogP contribution in [0.5, 0.6) is 0 Å². The Morgan fingerprint density at radius 3 is 1.67 bits per heavy atom. The zero-order valence-corrected chi connectivity index (χ0v) is 33.4. The summed E-state index contributed by atoms with van der Waals surface area (Å²) in [5.41, 5.74) is 14.6. The van der Waals surface area contributed by atoms with Gasteiger partial charge >= 0.3 is 0 Å². The molecule has 3 aromatic heterocycles. The second kappa shape index (κ2) is 14.0. The van der Waals surface area contributed by atoms with Crippen molar-refractivity contribution >= 4 is 87.4 Å². The summed E-state index contributed by atoms with van der Waals surface area (Å²) in [5, 5.41) is 5.80. The summed E-state index contributed by atoms with van der Waals surface area (Å²) in [6, 6.07) is 67.7. The number of hydrogen-bond acceptors (Lipinski definition) is 3. The summed E-state index contributed by atoms with van der Waals surface area (Å²) in [5.74, 6) is 6.77. The highest BCUT2D eigenvalue weighted by Crippen LogP contribution is 2.47. The molecule has 0 saturated heterocycles. The highest BCUT2D eigenvalue weighted by molar-refractivity contribution is 7.23. The van der Waals surface area contributed by atoms with Crippen LogP contribution >= 0.6 is 11.3 Å². The van der Waals surface area contributed by atoms with Crippen LogP contribution in [0.2, 0.25) is 0 Å². The van der Waals surface area contributed by atoms with E-state index in [2.05, 4.69) is 220 Å². The van der Waals surface area contributed by atoms with Gasteiger partial charge in [-0.1, -0.05) is 139 Å². The number of thiazole rings is 1. The van der Waals surface area contributed by atoms with Crippen LogP contribution in [0.15, 0.2) is 194 Å². The second-order valence-electron chi connectivity index (χ2n) is 15.3. The topological polar surface area (TPSA) is 26.0 Å². The predicted molar refractivity (Wildman–Crippen MR) is 254 cm³/mol. The van der Waals surface area contributed by atoms with E-state index in [1.54, 1.807) is 11.3 Å². The lowest BCUT2D eigenvalue weighted by Crippen LogP contribution is -2.09. The van der Waals surface area contributed by atoms with E-state index < -0.39 is 0 Å². The van der Waals surface area contributed by atoms with Crippen molar-refractivity contribution in [2.24, 2.45) is 0 Å². The number of nitrogens with zero attached hydrogens (tertiary/aromatic N) is 4. The van der Waals surface area contributed by atoms with E-state index in [0.29, 0.717) is 0 Å². The van der Waals surface area contributed by atoms with Gasteiger partial charge in [0.1, 0.15) is 0 Å². The van der Waals surface area contributed by atoms with E-state index in [4.69, 9.17) is 4.98 Å². The third-order valence-corrected chi connectivity index (χ3v) is 12.9. The van der Waals surface area contributed by atoms with Crippen LogP contribution < -0.4 is 4.90 Å². The number of aromatic nitrogens is 3. The lowest BCUT2D eigenvalue weighted by atomic mass is 9.97. The number of rotatable bonds is 7. The van der Waals surface area contributed by atoms with Gasteiger partial charge in [-0.15, -0.1) is 0 Å². The summed E-state index contributed by atoms with van der Waals surface area (Å²) < 4.78 is 5.86. The van der Waals surface area contributed by atoms with Gasteiger partial charge in [0.2, 0.25) is 0 Å². The van der Waals surface area contributed by atoms with Crippen LogP contribution in [0.1, 0.15) is 12.8 Å². The highest BCUT2D eigenvalue weighted by atomic mass is 32.1. The Morgan fingerprint density at radius 2 is 1.03 bits per heavy atom. The number of allylic oxidation sites excluding steroid dienone is 2. The predicted octanol–water partition coefficient (Wildman–Crippen LogP) is 14.9. The minimum atomic E-state index is 0.906. The maximum Gasteiger partial charge on any atom is 0.195 e. The van der Waals surface area contributed by atoms with Crippen LogP contribution in [-0.4, -0.2) is 14.1 Å². The van der Waals surface area contributed by atoms with Gasteiger partial charge in [-0.25, -0.2) is 4.98 Å². The molecule has 0 unspecified atom stereocenters. The van der Waals surface area contributed by atoms with E-state index >= 15 is 0 Å². The summed E-state index contributed by atoms with van der Waals surface area (Å²) in [4.78, 5) is 7.90. The molecule has 0 spiro atoms. The van der Waals surface area contributed by atoms with Crippen molar-refractivity contribution in [1.82, 2.24) is 14.1 Å². The molecule has 11 aromatic rings. The molecular formula is C55H36N4S. The van der Waals surface area contributed by atoms with Crippen molar-refractivity contribution < 1.29 is 0 Å². The van der Waals surface area contributed by atoms with Crippen molar-refractivity contribution in [1.29, 1.82) is 0 Å². The van der Waals surface area contributed by atoms with E-state index in [9.17, 15) is 0 Å². The number of fused-ring (bicyclic) bond motifs is 7. The molecule has 4 nitrogen and oxygen atoms in total. The van der Waals surface area contributed by atoms with E-state index in [1.165, 1.54) is 38.1 Å². The molecule has 0 saturated carbocycles. The fourth-order valence-corrected chi connectivity index (χ4v) is 10.3. The number of benzene rings is 8. The van der Waals surface area contributed by atoms with Crippen LogP contribution in [0.25, 0.3) is 87.5 Å². The molecule has 0 amide bonds. The molecular weight excluding hydrogens is 749 g/mol. The fraction of sp³-hybridized carbons (Fsp3) is 0.0364. The van der Waals surface area contributed by atoms with Gasteiger partial charge in [-0.2, -0.15) is 0 Å². The smallest absolute Gasteiger partial charge is 0.195 e. The first kappa shape index (κ1) is 34.4. The average Bonchev–Trinajstić information content (AvgIpc) is 4.00. The summed E-state index contributed by atoms with van der Waals surface area (Å²) >= 11 is 1.75. The minimum absolute atomic E-state index is 0.906. The van der Waals surface area contributed by atoms with Crippen LogP contribution in [-0.2, 0) is 0 Å². The third-order valence-electron chi connectivity index (χ3n) is 11.8. The highest BCUT2D eigenvalue weighted by Gasteiger charge is 2.23. The molecule has 0 radical (unpaired) electrons. The molecule has 1 aliphatic rings. The molecule has 1 aliphatic carbocycles. The molecule has 8 aromatic carbocycles. The Labute approximate surface area is 351 Å². The molecule has 0 fully saturated rings. The zero-order chi connectivity index (χ0) is 39.6. The Bertz CT molecular complexity index is 3500. The SMILES string of the molecule is C1#CC(n2c3ccccc3c3cc(-c4ccc(-c5ccc6c(c5)c5ccccc5n6-c5ccccc5)c5sc(N(c6ccccc6)c6ccccc6)nc45)ccc32)=CCC1. The minimum Gasteiger partial charge on any atom is -0.309 e. The molecule has 0 aliphatic heterocycles. The Kier molecular flexibility index (Phi) is 8.04. The van der Waals surface area contributed by atoms with Gasteiger partial charge in [0.25, 0.3) is 0 Å². The van der Waals surface area contributed by atoms with Crippen molar-refractivity contribution in [3.8, 4) is 39.8 Å². The van der Waals surface area contributed by atoms with Gasteiger partial charge in [0, 0.05) is 56.2 Å². The van der Waals surface area contributed by atoms with Gasteiger partial charge < -0.3 is 9.13 Å². The van der Waals surface area contributed by atoms with E-state index in [1.807, 2.05) is 0 Å². The van der Waals surface area contributed by atoms with Crippen molar-refractivity contribution in [2.45, 2.75) is 12.8 Å². The summed E-state index contributed by atoms with van der Waals surface area (Å²) in [6.07, 6.45) is 4.15. The van der Waals surface area contributed by atoms with Gasteiger partial charge in [-0.05, 0) is 96.3 Å². The largest absolute Gasteiger partial charge is 0.309 e. The molecule has 282 valence electrons. The summed E-state index contributed by atoms with van der Waals surface area (Å²) in [7, 11) is 0. The monoisotopic (exact) mass is 784 g/mol. The maximum atomic E-state index is 5.61. The summed E-state index contributed by atoms with van der Waals surface area (Å²) in [6.45, 7) is 0. The fourth-order valence-electron chi connectivity index (χ4n) is 9.10. The van der Waals surface area contributed by atoms with Gasteiger partial charge in [0.15, 0.2) is 5.13 Å². The van der Waals surface area contributed by atoms with Crippen molar-refractivity contribution in [3.63, 3.8) is 0 Å². The van der Waals surface area contributed by atoms with Gasteiger partial charge in [-0.3, -0.25) is 4.90 Å². The first-order valence-corrected chi connectivity index (χ1v) is 21.3. The molecule has 60 heavy (non-hydrogen) atoms. The molecule has 3 heterocycles. The third kappa shape index (κ3) is 5.50. The van der Waals surface area contributed by atoms with Crippen molar-refractivity contribution in [2.75, 3.05) is 4.90 Å². The van der Waals surface area contributed by atoms with Gasteiger partial charge in [0.05, 0.1) is 38.0 Å². The standard InChI is InChI=1S/C55H36N4S/c1-5-17-39(18-6-1)57(40-19-7-2-8-20-40)55-56-53-43(37-29-33-51-47(35-37)45-25-13-15-27-49(45)58(51)41-21-9-3-10-22-41)31-32-44(54(53)60-55)38-30-34-52-48(36-38)46-26-14-16-28-50(46)59(52)42-23-11-4-12-24-42/h1-2,4-8,11-21,23-36H,3,9H2. The average molecular weight is 785 g/mol. The maximum absolute atomic E-state index is 5.61. The molecule has 12 rings (SSSR count). The van der Waals surface area contributed by atoms with E-state index in [0.717, 1.165) is 78.7 Å². The quantitative estimate of drug-likeness (QED) is 0.150. The molecule has 5 heteroatoms. The molecule has 0 bridgehead atoms. The lowest BCUT2D eigenvalue weighted by molar-refractivity contribution is 1.06. The number of hydrogen-bond donors (Lipinski definition) is 0. The second-order valence-corrected chi connectivity index (χ2v) is 16.3. The van der Waals surface area contributed by atoms with Crippen molar-refractivity contribution in [3.05, 3.63) is 194 Å². The Hall–Kier alpha value is -7.65. The van der Waals surface area contributed by atoms with Crippen LogP contribution in [0.3, 0.4) is 0 Å². The first-order chi connectivity index (χ1) is 29.8. The Morgan fingerprint density at radius 1 is 0.500 bits per heavy atom. The Balaban J connectivity index is 1.10. The zero-order valence-electron chi connectivity index (χ0n) is 32.6. The first-order valence-electron chi connectivity index (χ1n) is 20.4. The molecule has 0 N–H and O–H groups in total. The molecule has 0 atom stereocenters. The van der Waals surface area contributed by atoms with Crippen LogP contribution in [0, 0.1) is 11.8 Å². The normalized spacial score (nSPS) is 12.6. The lowest BCUT2D eigenvalue weighted by Gasteiger charge is -2.22. The van der Waals surface area contributed by atoms with Crippen LogP contribution in [0.4, 0.5) is 16.5 Å².